The van der Waals surface area contributed by atoms with Gasteiger partial charge in [0, 0.05) is 24.0 Å². The molecular formula is C19H27N3O3. The van der Waals surface area contributed by atoms with Crippen molar-refractivity contribution in [2.75, 3.05) is 24.3 Å². The fourth-order valence-corrected chi connectivity index (χ4v) is 4.05. The van der Waals surface area contributed by atoms with E-state index in [4.69, 9.17) is 0 Å². The maximum Gasteiger partial charge on any atom is 0.411 e. The Kier molecular flexibility index (Phi) is 5.79. The van der Waals surface area contributed by atoms with Gasteiger partial charge in [-0.25, -0.2) is 9.59 Å². The van der Waals surface area contributed by atoms with Crippen LogP contribution in [0.1, 0.15) is 44.9 Å². The third-order valence-electron chi connectivity index (χ3n) is 5.32. The number of rotatable bonds is 3. The first-order valence-corrected chi connectivity index (χ1v) is 9.20. The minimum atomic E-state index is -0.510. The average Bonchev–Trinajstić information content (AvgIpc) is 3.14. The van der Waals surface area contributed by atoms with Crippen LogP contribution in [0.2, 0.25) is 0 Å². The Hall–Kier alpha value is -2.24. The van der Waals surface area contributed by atoms with Gasteiger partial charge in [0.25, 0.3) is 0 Å². The van der Waals surface area contributed by atoms with Crippen molar-refractivity contribution in [1.82, 2.24) is 4.90 Å². The summed E-state index contributed by atoms with van der Waals surface area (Å²) in [6.45, 7) is 0.842. The van der Waals surface area contributed by atoms with Gasteiger partial charge in [0.05, 0.1) is 7.11 Å². The van der Waals surface area contributed by atoms with Crippen molar-refractivity contribution >= 4 is 23.5 Å². The number of anilines is 2. The first kappa shape index (κ1) is 17.6. The maximum atomic E-state index is 12.7. The molecule has 0 radical (unpaired) electrons. The molecule has 6 nitrogen and oxygen atoms in total. The first-order valence-electron chi connectivity index (χ1n) is 9.20. The van der Waals surface area contributed by atoms with Gasteiger partial charge in [-0.05, 0) is 55.9 Å². The third kappa shape index (κ3) is 4.44. The van der Waals surface area contributed by atoms with Gasteiger partial charge < -0.3 is 15.0 Å². The Balaban J connectivity index is 1.58. The van der Waals surface area contributed by atoms with Crippen LogP contribution in [0, 0.1) is 5.92 Å². The van der Waals surface area contributed by atoms with Gasteiger partial charge in [-0.15, -0.1) is 0 Å². The Morgan fingerprint density at radius 1 is 0.960 bits per heavy atom. The molecule has 1 aromatic rings. The van der Waals surface area contributed by atoms with E-state index in [1.807, 2.05) is 4.90 Å². The monoisotopic (exact) mass is 345 g/mol. The fraction of sp³-hybridized carbons (Fsp3) is 0.579. The van der Waals surface area contributed by atoms with Crippen LogP contribution in [0.15, 0.2) is 24.3 Å². The summed E-state index contributed by atoms with van der Waals surface area (Å²) in [4.78, 5) is 25.9. The zero-order valence-electron chi connectivity index (χ0n) is 14.8. The number of urea groups is 1. The molecular weight excluding hydrogens is 318 g/mol. The van der Waals surface area contributed by atoms with Crippen molar-refractivity contribution in [3.8, 4) is 0 Å². The molecule has 1 saturated carbocycles. The molecule has 1 unspecified atom stereocenters. The molecule has 0 aromatic heterocycles. The molecule has 1 atom stereocenters. The van der Waals surface area contributed by atoms with Crippen molar-refractivity contribution < 1.29 is 14.3 Å². The molecule has 2 aliphatic rings. The number of carbonyl (C=O) groups is 2. The topological polar surface area (TPSA) is 70.7 Å². The zero-order valence-corrected chi connectivity index (χ0v) is 14.8. The van der Waals surface area contributed by atoms with E-state index in [0.29, 0.717) is 17.6 Å². The standard InChI is InChI=1S/C19H27N3O3/c1-25-19(24)21-16-11-9-15(10-12-16)20-18(23)22-13-5-8-17(22)14-6-3-2-4-7-14/h9-12,14,17H,2-8,13H2,1H3,(H,20,23)(H,21,24). The van der Waals surface area contributed by atoms with Crippen molar-refractivity contribution in [1.29, 1.82) is 0 Å². The molecule has 3 amide bonds. The second-order valence-electron chi connectivity index (χ2n) is 6.93. The van der Waals surface area contributed by atoms with Gasteiger partial charge in [0.1, 0.15) is 0 Å². The highest BCUT2D eigenvalue weighted by molar-refractivity contribution is 5.90. The molecule has 1 aromatic carbocycles. The van der Waals surface area contributed by atoms with Crippen LogP contribution in [0.25, 0.3) is 0 Å². The number of hydrogen-bond acceptors (Lipinski definition) is 3. The SMILES string of the molecule is COC(=O)Nc1ccc(NC(=O)N2CCCC2C2CCCCC2)cc1. The number of nitrogens with one attached hydrogen (secondary N) is 2. The lowest BCUT2D eigenvalue weighted by atomic mass is 9.83. The largest absolute Gasteiger partial charge is 0.453 e. The second kappa shape index (κ2) is 8.23. The Labute approximate surface area is 148 Å². The molecule has 1 aliphatic carbocycles. The number of nitrogens with zero attached hydrogens (tertiary/aromatic N) is 1. The Morgan fingerprint density at radius 2 is 1.60 bits per heavy atom. The predicted molar refractivity (Wildman–Crippen MR) is 97.8 cm³/mol. The van der Waals surface area contributed by atoms with E-state index >= 15 is 0 Å². The van der Waals surface area contributed by atoms with Crippen LogP contribution >= 0.6 is 0 Å². The summed E-state index contributed by atoms with van der Waals surface area (Å²) in [6, 6.07) is 7.44. The van der Waals surface area contributed by atoms with E-state index in [1.165, 1.54) is 39.2 Å². The minimum Gasteiger partial charge on any atom is -0.453 e. The summed E-state index contributed by atoms with van der Waals surface area (Å²) in [6.07, 6.45) is 8.14. The second-order valence-corrected chi connectivity index (χ2v) is 6.93. The maximum absolute atomic E-state index is 12.7. The molecule has 136 valence electrons. The van der Waals surface area contributed by atoms with E-state index in [9.17, 15) is 9.59 Å². The molecule has 6 heteroatoms. The molecule has 25 heavy (non-hydrogen) atoms. The molecule has 0 bridgehead atoms. The number of ether oxygens (including phenoxy) is 1. The summed E-state index contributed by atoms with van der Waals surface area (Å²) >= 11 is 0. The van der Waals surface area contributed by atoms with Crippen LogP contribution in [0.3, 0.4) is 0 Å². The lowest BCUT2D eigenvalue weighted by molar-refractivity contribution is 0.166. The van der Waals surface area contributed by atoms with Crippen LogP contribution in [-0.2, 0) is 4.74 Å². The van der Waals surface area contributed by atoms with Gasteiger partial charge in [-0.1, -0.05) is 19.3 Å². The van der Waals surface area contributed by atoms with Crippen LogP contribution in [0.4, 0.5) is 21.0 Å². The number of likely N-dealkylation sites (tertiary alicyclic amines) is 1. The molecule has 2 fully saturated rings. The third-order valence-corrected chi connectivity index (χ3v) is 5.32. The van der Waals surface area contributed by atoms with Gasteiger partial charge in [0.2, 0.25) is 0 Å². The van der Waals surface area contributed by atoms with Gasteiger partial charge in [0.15, 0.2) is 0 Å². The minimum absolute atomic E-state index is 0.0123. The highest BCUT2D eigenvalue weighted by Crippen LogP contribution is 2.34. The fourth-order valence-electron chi connectivity index (χ4n) is 4.05. The quantitative estimate of drug-likeness (QED) is 0.851. The van der Waals surface area contributed by atoms with E-state index in [2.05, 4.69) is 15.4 Å². The molecule has 1 heterocycles. The number of amides is 3. The lowest BCUT2D eigenvalue weighted by Gasteiger charge is -2.34. The summed E-state index contributed by atoms with van der Waals surface area (Å²) < 4.78 is 4.56. The van der Waals surface area contributed by atoms with E-state index in [1.54, 1.807) is 24.3 Å². The molecule has 0 spiro atoms. The van der Waals surface area contributed by atoms with Gasteiger partial charge in [-0.2, -0.15) is 0 Å². The van der Waals surface area contributed by atoms with Crippen LogP contribution in [0.5, 0.6) is 0 Å². The Morgan fingerprint density at radius 3 is 2.24 bits per heavy atom. The predicted octanol–water partition coefficient (Wildman–Crippen LogP) is 4.44. The van der Waals surface area contributed by atoms with Crippen LogP contribution in [-0.4, -0.2) is 36.7 Å². The lowest BCUT2D eigenvalue weighted by Crippen LogP contribution is -2.43. The molecule has 1 aliphatic heterocycles. The first-order chi connectivity index (χ1) is 12.2. The summed E-state index contributed by atoms with van der Waals surface area (Å²) in [5.74, 6) is 0.661. The van der Waals surface area contributed by atoms with Gasteiger partial charge in [-0.3, -0.25) is 5.32 Å². The molecule has 2 N–H and O–H groups in total. The van der Waals surface area contributed by atoms with E-state index < -0.39 is 6.09 Å². The summed E-state index contributed by atoms with van der Waals surface area (Å²) in [5.41, 5.74) is 1.36. The van der Waals surface area contributed by atoms with E-state index in [-0.39, 0.29) is 6.03 Å². The number of hydrogen-bond donors (Lipinski definition) is 2. The normalized spacial score (nSPS) is 21.0. The molecule has 3 rings (SSSR count). The summed E-state index contributed by atoms with van der Waals surface area (Å²) in [5, 5.41) is 5.58. The van der Waals surface area contributed by atoms with Gasteiger partial charge >= 0.3 is 12.1 Å². The Bertz CT molecular complexity index is 596. The smallest absolute Gasteiger partial charge is 0.411 e. The summed E-state index contributed by atoms with van der Waals surface area (Å²) in [7, 11) is 1.32. The van der Waals surface area contributed by atoms with Crippen molar-refractivity contribution in [3.05, 3.63) is 24.3 Å². The number of benzene rings is 1. The van der Waals surface area contributed by atoms with Crippen molar-refractivity contribution in [2.24, 2.45) is 5.92 Å². The highest BCUT2D eigenvalue weighted by atomic mass is 16.5. The zero-order chi connectivity index (χ0) is 17.6. The van der Waals surface area contributed by atoms with Crippen LogP contribution < -0.4 is 10.6 Å². The highest BCUT2D eigenvalue weighted by Gasteiger charge is 2.35. The van der Waals surface area contributed by atoms with Crippen molar-refractivity contribution in [2.45, 2.75) is 51.0 Å². The van der Waals surface area contributed by atoms with E-state index in [0.717, 1.165) is 25.1 Å². The van der Waals surface area contributed by atoms with Crippen molar-refractivity contribution in [3.63, 3.8) is 0 Å². The molecule has 1 saturated heterocycles. The number of carbonyl (C=O) groups excluding carboxylic acids is 2. The number of methoxy groups -OCH3 is 1. The average molecular weight is 345 g/mol.